The molecule has 3 heterocycles. The number of rotatable bonds is 2. The minimum absolute atomic E-state index is 0.273. The van der Waals surface area contributed by atoms with Gasteiger partial charge < -0.3 is 0 Å². The highest BCUT2D eigenvalue weighted by atomic mass is 32.1. The van der Waals surface area contributed by atoms with Crippen molar-refractivity contribution in [2.45, 2.75) is 50.4 Å². The van der Waals surface area contributed by atoms with E-state index in [-0.39, 0.29) is 5.41 Å². The lowest BCUT2D eigenvalue weighted by atomic mass is 9.68. The number of imidazole rings is 1. The molecule has 0 aliphatic heterocycles. The van der Waals surface area contributed by atoms with Crippen LogP contribution in [-0.4, -0.2) is 14.4 Å². The summed E-state index contributed by atoms with van der Waals surface area (Å²) in [6.45, 7) is 0. The van der Waals surface area contributed by atoms with Crippen molar-refractivity contribution in [3.8, 4) is 11.3 Å². The molecular weight excluding hydrogens is 345 g/mol. The first-order valence-corrected chi connectivity index (χ1v) is 10.7. The largest absolute Gasteiger partial charge is 0.290 e. The third-order valence-electron chi connectivity index (χ3n) is 7.26. The van der Waals surface area contributed by atoms with Crippen LogP contribution in [0.3, 0.4) is 0 Å². The van der Waals surface area contributed by atoms with Crippen LogP contribution in [0.1, 0.15) is 50.6 Å². The molecule has 0 radical (unpaired) electrons. The molecule has 4 unspecified atom stereocenters. The standard InChI is InChI=1S/C21H22FN3S/c22-19-16(5-2-6-23-19)17-12-26-20-24-18(11-25(17)20)21-8-13-3-1-4-14(9-21)15(7-13)10-21/h2,5-6,11-15H,1,3-4,7-10H2. The summed E-state index contributed by atoms with van der Waals surface area (Å²) in [6.07, 6.45) is 13.3. The van der Waals surface area contributed by atoms with Crippen LogP contribution in [0.25, 0.3) is 16.2 Å². The molecular formula is C21H22FN3S. The van der Waals surface area contributed by atoms with Gasteiger partial charge in [-0.15, -0.1) is 11.3 Å². The van der Waals surface area contributed by atoms with Gasteiger partial charge in [0.05, 0.1) is 17.0 Å². The van der Waals surface area contributed by atoms with E-state index in [0.29, 0.717) is 5.56 Å². The van der Waals surface area contributed by atoms with Crippen molar-refractivity contribution >= 4 is 16.3 Å². The fraction of sp³-hybridized carbons (Fsp3) is 0.524. The van der Waals surface area contributed by atoms with E-state index in [1.54, 1.807) is 23.5 Å². The molecule has 3 aliphatic rings. The van der Waals surface area contributed by atoms with E-state index < -0.39 is 5.95 Å². The van der Waals surface area contributed by atoms with Crippen LogP contribution >= 0.6 is 11.3 Å². The number of hydrogen-bond donors (Lipinski definition) is 0. The Bertz CT molecular complexity index is 988. The van der Waals surface area contributed by atoms with Crippen LogP contribution < -0.4 is 0 Å². The predicted molar refractivity (Wildman–Crippen MR) is 101 cm³/mol. The minimum Gasteiger partial charge on any atom is -0.290 e. The number of thiazole rings is 1. The molecule has 3 saturated carbocycles. The van der Waals surface area contributed by atoms with Crippen LogP contribution in [0, 0.1) is 23.7 Å². The highest BCUT2D eigenvalue weighted by Gasteiger charge is 2.53. The van der Waals surface area contributed by atoms with Gasteiger partial charge >= 0.3 is 0 Å². The molecule has 3 bridgehead atoms. The molecule has 26 heavy (non-hydrogen) atoms. The van der Waals surface area contributed by atoms with Crippen LogP contribution in [-0.2, 0) is 5.41 Å². The number of pyridine rings is 1. The molecule has 5 heteroatoms. The second-order valence-electron chi connectivity index (χ2n) is 8.69. The van der Waals surface area contributed by atoms with E-state index in [0.717, 1.165) is 28.4 Å². The van der Waals surface area contributed by atoms with E-state index in [1.807, 2.05) is 5.38 Å². The van der Waals surface area contributed by atoms with Crippen molar-refractivity contribution < 1.29 is 4.39 Å². The van der Waals surface area contributed by atoms with Gasteiger partial charge in [-0.3, -0.25) is 4.40 Å². The molecule has 3 nitrogen and oxygen atoms in total. The Kier molecular flexibility index (Phi) is 3.17. The minimum atomic E-state index is -0.409. The topological polar surface area (TPSA) is 30.2 Å². The van der Waals surface area contributed by atoms with Crippen LogP contribution in [0.4, 0.5) is 4.39 Å². The first kappa shape index (κ1) is 15.3. The van der Waals surface area contributed by atoms with Crippen LogP contribution in [0.2, 0.25) is 0 Å². The van der Waals surface area contributed by atoms with Gasteiger partial charge in [0.1, 0.15) is 0 Å². The SMILES string of the molecule is Fc1ncccc1-c1csc2nc(C34CC5CCCC(C3)C(C5)C4)cn12. The quantitative estimate of drug-likeness (QED) is 0.563. The first-order valence-electron chi connectivity index (χ1n) is 9.80. The molecule has 0 saturated heterocycles. The van der Waals surface area contributed by atoms with E-state index >= 15 is 0 Å². The van der Waals surface area contributed by atoms with Gasteiger partial charge in [0.2, 0.25) is 5.95 Å². The highest BCUT2D eigenvalue weighted by Crippen LogP contribution is 2.60. The lowest BCUT2D eigenvalue weighted by molar-refractivity contribution is 0.215. The Morgan fingerprint density at radius 3 is 3.04 bits per heavy atom. The summed E-state index contributed by atoms with van der Waals surface area (Å²) in [7, 11) is 0. The van der Waals surface area contributed by atoms with E-state index in [1.165, 1.54) is 56.8 Å². The molecule has 0 amide bonds. The summed E-state index contributed by atoms with van der Waals surface area (Å²) < 4.78 is 16.3. The van der Waals surface area contributed by atoms with E-state index in [2.05, 4.69) is 15.6 Å². The number of fused-ring (bicyclic) bond motifs is 3. The first-order chi connectivity index (χ1) is 12.7. The zero-order valence-corrected chi connectivity index (χ0v) is 15.5. The number of aromatic nitrogens is 3. The summed E-state index contributed by atoms with van der Waals surface area (Å²) in [5, 5.41) is 2.00. The fourth-order valence-electron chi connectivity index (χ4n) is 6.28. The fourth-order valence-corrected chi connectivity index (χ4v) is 7.15. The molecule has 4 atom stereocenters. The zero-order chi connectivity index (χ0) is 17.3. The Balaban J connectivity index is 1.46. The molecule has 3 aromatic heterocycles. The lowest BCUT2D eigenvalue weighted by Crippen LogP contribution is -2.31. The van der Waals surface area contributed by atoms with Crippen LogP contribution in [0.15, 0.2) is 29.9 Å². The van der Waals surface area contributed by atoms with Crippen molar-refractivity contribution in [3.63, 3.8) is 0 Å². The Morgan fingerprint density at radius 1 is 1.19 bits per heavy atom. The summed E-state index contributed by atoms with van der Waals surface area (Å²) in [4.78, 5) is 9.84. The summed E-state index contributed by atoms with van der Waals surface area (Å²) >= 11 is 1.60. The van der Waals surface area contributed by atoms with Crippen molar-refractivity contribution in [3.05, 3.63) is 41.5 Å². The molecule has 134 valence electrons. The second-order valence-corrected chi connectivity index (χ2v) is 9.52. The average Bonchev–Trinajstić information content (AvgIpc) is 3.25. The number of hydrogen-bond acceptors (Lipinski definition) is 3. The summed E-state index contributed by atoms with van der Waals surface area (Å²) in [6, 6.07) is 3.60. The van der Waals surface area contributed by atoms with Crippen molar-refractivity contribution in [1.82, 2.24) is 14.4 Å². The third-order valence-corrected chi connectivity index (χ3v) is 8.10. The monoisotopic (exact) mass is 367 g/mol. The Morgan fingerprint density at radius 2 is 2.12 bits per heavy atom. The molecule has 0 spiro atoms. The number of nitrogens with zero attached hydrogens (tertiary/aromatic N) is 3. The molecule has 0 N–H and O–H groups in total. The molecule has 6 rings (SSSR count). The maximum Gasteiger partial charge on any atom is 0.222 e. The summed E-state index contributed by atoms with van der Waals surface area (Å²) in [5.41, 5.74) is 2.96. The Labute approximate surface area is 156 Å². The molecule has 0 aromatic carbocycles. The molecule has 3 aliphatic carbocycles. The van der Waals surface area contributed by atoms with Gasteiger partial charge in [0, 0.05) is 23.2 Å². The van der Waals surface area contributed by atoms with E-state index in [9.17, 15) is 4.39 Å². The van der Waals surface area contributed by atoms with Crippen molar-refractivity contribution in [2.75, 3.05) is 0 Å². The lowest BCUT2D eigenvalue weighted by Gasteiger charge is -2.36. The summed E-state index contributed by atoms with van der Waals surface area (Å²) in [5.74, 6) is 2.29. The third kappa shape index (κ3) is 2.10. The smallest absolute Gasteiger partial charge is 0.222 e. The average molecular weight is 367 g/mol. The highest BCUT2D eigenvalue weighted by molar-refractivity contribution is 7.15. The predicted octanol–water partition coefficient (Wildman–Crippen LogP) is 5.45. The van der Waals surface area contributed by atoms with Gasteiger partial charge in [-0.2, -0.15) is 4.39 Å². The zero-order valence-electron chi connectivity index (χ0n) is 14.7. The van der Waals surface area contributed by atoms with Gasteiger partial charge in [-0.25, -0.2) is 9.97 Å². The Hall–Kier alpha value is -1.75. The molecule has 3 aromatic rings. The number of halogens is 1. The molecule has 3 fully saturated rings. The van der Waals surface area contributed by atoms with Gasteiger partial charge in [-0.1, -0.05) is 19.3 Å². The maximum absolute atomic E-state index is 14.2. The van der Waals surface area contributed by atoms with Gasteiger partial charge in [0.25, 0.3) is 0 Å². The second kappa shape index (κ2) is 5.38. The van der Waals surface area contributed by atoms with Crippen LogP contribution in [0.5, 0.6) is 0 Å². The van der Waals surface area contributed by atoms with Crippen molar-refractivity contribution in [2.24, 2.45) is 17.8 Å². The van der Waals surface area contributed by atoms with Gasteiger partial charge in [0.15, 0.2) is 4.96 Å². The van der Waals surface area contributed by atoms with E-state index in [4.69, 9.17) is 4.98 Å². The van der Waals surface area contributed by atoms with Gasteiger partial charge in [-0.05, 0) is 55.6 Å². The normalized spacial score (nSPS) is 33.0. The maximum atomic E-state index is 14.2. The van der Waals surface area contributed by atoms with Crippen molar-refractivity contribution in [1.29, 1.82) is 0 Å².